The quantitative estimate of drug-likeness (QED) is 0.582. The number of benzene rings is 2. The molecule has 1 atom stereocenters. The Labute approximate surface area is 209 Å². The lowest BCUT2D eigenvalue weighted by Crippen LogP contribution is -2.43. The number of amides is 2. The van der Waals surface area contributed by atoms with E-state index in [-0.39, 0.29) is 23.3 Å². The first-order valence-corrected chi connectivity index (χ1v) is 14.0. The van der Waals surface area contributed by atoms with Crippen molar-refractivity contribution in [2.24, 2.45) is 5.92 Å². The second-order valence-corrected chi connectivity index (χ2v) is 11.5. The van der Waals surface area contributed by atoms with Gasteiger partial charge in [-0.1, -0.05) is 32.0 Å². The van der Waals surface area contributed by atoms with Crippen LogP contribution in [0, 0.1) is 5.92 Å². The summed E-state index contributed by atoms with van der Waals surface area (Å²) in [6.45, 7) is 4.88. The molecule has 1 fully saturated rings. The number of hydrogen-bond donors (Lipinski definition) is 1. The van der Waals surface area contributed by atoms with Gasteiger partial charge in [-0.3, -0.25) is 9.59 Å². The first-order chi connectivity index (χ1) is 16.3. The summed E-state index contributed by atoms with van der Waals surface area (Å²) in [4.78, 5) is 27.2. The Hall–Kier alpha value is -2.23. The standard InChI is InChI=1S/C25H30BrN3O4S/c1-3-17-8-5-6-10-21(17)27-25(31)19-9-7-12-28(16-19)34(32,33)23-15-22-18(14-20(23)26)11-13-29(22)24(30)4-2/h5-6,8,10,14-15,19H,3-4,7,9,11-13,16H2,1-2H3,(H,27,31)/t19-/m0/s1. The average molecular weight is 549 g/mol. The number of fused-ring (bicyclic) bond motifs is 1. The zero-order valence-corrected chi connectivity index (χ0v) is 21.9. The molecule has 1 N–H and O–H groups in total. The summed E-state index contributed by atoms with van der Waals surface area (Å²) in [5, 5.41) is 3.00. The monoisotopic (exact) mass is 547 g/mol. The van der Waals surface area contributed by atoms with Gasteiger partial charge in [0.2, 0.25) is 21.8 Å². The molecule has 182 valence electrons. The first-order valence-electron chi connectivity index (χ1n) is 11.8. The number of nitrogens with one attached hydrogen (secondary N) is 1. The highest BCUT2D eigenvalue weighted by Gasteiger charge is 2.36. The number of carbonyl (C=O) groups excluding carboxylic acids is 2. The van der Waals surface area contributed by atoms with Gasteiger partial charge >= 0.3 is 0 Å². The van der Waals surface area contributed by atoms with Crippen LogP contribution in [0.3, 0.4) is 0 Å². The van der Waals surface area contributed by atoms with E-state index in [4.69, 9.17) is 0 Å². The van der Waals surface area contributed by atoms with Gasteiger partial charge in [0.15, 0.2) is 0 Å². The summed E-state index contributed by atoms with van der Waals surface area (Å²) in [5.41, 5.74) is 3.44. The van der Waals surface area contributed by atoms with E-state index in [9.17, 15) is 18.0 Å². The molecule has 4 rings (SSSR count). The van der Waals surface area contributed by atoms with Gasteiger partial charge in [-0.05, 0) is 70.9 Å². The fourth-order valence-corrected chi connectivity index (χ4v) is 7.33. The molecule has 0 bridgehead atoms. The van der Waals surface area contributed by atoms with E-state index in [0.29, 0.717) is 48.9 Å². The Kier molecular flexibility index (Phi) is 7.45. The highest BCUT2D eigenvalue weighted by Crippen LogP contribution is 2.37. The van der Waals surface area contributed by atoms with E-state index in [1.807, 2.05) is 31.2 Å². The lowest BCUT2D eigenvalue weighted by molar-refractivity contribution is -0.121. The van der Waals surface area contributed by atoms with E-state index in [0.717, 1.165) is 23.2 Å². The third-order valence-electron chi connectivity index (χ3n) is 6.66. The second kappa shape index (κ2) is 10.2. The maximum Gasteiger partial charge on any atom is 0.244 e. The second-order valence-electron chi connectivity index (χ2n) is 8.76. The molecule has 2 aromatic carbocycles. The summed E-state index contributed by atoms with van der Waals surface area (Å²) < 4.78 is 29.2. The summed E-state index contributed by atoms with van der Waals surface area (Å²) in [6.07, 6.45) is 3.10. The molecule has 2 aliphatic rings. The van der Waals surface area contributed by atoms with Crippen LogP contribution >= 0.6 is 15.9 Å². The van der Waals surface area contributed by atoms with Crippen molar-refractivity contribution in [3.63, 3.8) is 0 Å². The summed E-state index contributed by atoms with van der Waals surface area (Å²) >= 11 is 3.44. The smallest absolute Gasteiger partial charge is 0.244 e. The number of hydrogen-bond acceptors (Lipinski definition) is 4. The van der Waals surface area contributed by atoms with Crippen LogP contribution in [0.15, 0.2) is 45.8 Å². The van der Waals surface area contributed by atoms with Crippen LogP contribution < -0.4 is 10.2 Å². The molecule has 0 spiro atoms. The Morgan fingerprint density at radius 1 is 1.15 bits per heavy atom. The molecule has 0 saturated carbocycles. The van der Waals surface area contributed by atoms with Gasteiger partial charge < -0.3 is 10.2 Å². The molecule has 0 radical (unpaired) electrons. The molecule has 2 heterocycles. The number of rotatable bonds is 6. The Morgan fingerprint density at radius 2 is 1.91 bits per heavy atom. The lowest BCUT2D eigenvalue weighted by atomic mass is 9.98. The van der Waals surface area contributed by atoms with Crippen LogP contribution in [0.25, 0.3) is 0 Å². The topological polar surface area (TPSA) is 86.8 Å². The van der Waals surface area contributed by atoms with E-state index < -0.39 is 15.9 Å². The Balaban J connectivity index is 1.56. The zero-order chi connectivity index (χ0) is 24.5. The minimum atomic E-state index is -3.85. The SMILES string of the molecule is CCC(=O)N1CCc2cc(Br)c(S(=O)(=O)N3CCC[C@H](C(=O)Nc4ccccc4CC)C3)cc21. The van der Waals surface area contributed by atoms with Crippen LogP contribution in [0.4, 0.5) is 11.4 Å². The largest absolute Gasteiger partial charge is 0.326 e. The van der Waals surface area contributed by atoms with Crippen molar-refractivity contribution in [1.29, 1.82) is 0 Å². The molecular weight excluding hydrogens is 518 g/mol. The normalized spacial score (nSPS) is 18.6. The van der Waals surface area contributed by atoms with Crippen LogP contribution in [0.2, 0.25) is 0 Å². The predicted octanol–water partition coefficient (Wildman–Crippen LogP) is 4.35. The number of sulfonamides is 1. The van der Waals surface area contributed by atoms with E-state index in [2.05, 4.69) is 21.2 Å². The van der Waals surface area contributed by atoms with Gasteiger partial charge in [-0.15, -0.1) is 0 Å². The number of carbonyl (C=O) groups is 2. The molecule has 0 aliphatic carbocycles. The van der Waals surface area contributed by atoms with Crippen LogP contribution in [0.5, 0.6) is 0 Å². The number of para-hydroxylation sites is 1. The van der Waals surface area contributed by atoms with Gasteiger partial charge in [0.1, 0.15) is 0 Å². The van der Waals surface area contributed by atoms with Crippen molar-refractivity contribution < 1.29 is 18.0 Å². The summed E-state index contributed by atoms with van der Waals surface area (Å²) in [6, 6.07) is 11.1. The fourth-order valence-electron chi connectivity index (χ4n) is 4.73. The zero-order valence-electron chi connectivity index (χ0n) is 19.5. The lowest BCUT2D eigenvalue weighted by Gasteiger charge is -2.32. The number of aryl methyl sites for hydroxylation is 1. The maximum absolute atomic E-state index is 13.6. The molecular formula is C25H30BrN3O4S. The van der Waals surface area contributed by atoms with Crippen molar-refractivity contribution in [1.82, 2.24) is 4.31 Å². The van der Waals surface area contributed by atoms with Gasteiger partial charge in [0.25, 0.3) is 0 Å². The minimum Gasteiger partial charge on any atom is -0.326 e. The predicted molar refractivity (Wildman–Crippen MR) is 136 cm³/mol. The van der Waals surface area contributed by atoms with E-state index in [1.54, 1.807) is 24.0 Å². The molecule has 0 unspecified atom stereocenters. The molecule has 7 nitrogen and oxygen atoms in total. The summed E-state index contributed by atoms with van der Waals surface area (Å²) in [5.74, 6) is -0.611. The van der Waals surface area contributed by atoms with E-state index in [1.165, 1.54) is 4.31 Å². The third-order valence-corrected chi connectivity index (χ3v) is 9.48. The number of halogens is 1. The Bertz CT molecular complexity index is 1210. The Morgan fingerprint density at radius 3 is 2.65 bits per heavy atom. The summed E-state index contributed by atoms with van der Waals surface area (Å²) in [7, 11) is -3.85. The van der Waals surface area contributed by atoms with Crippen LogP contribution in [0.1, 0.15) is 44.2 Å². The van der Waals surface area contributed by atoms with Gasteiger partial charge in [-0.25, -0.2) is 8.42 Å². The van der Waals surface area contributed by atoms with E-state index >= 15 is 0 Å². The molecule has 0 aromatic heterocycles. The van der Waals surface area contributed by atoms with Crippen LogP contribution in [-0.4, -0.2) is 44.2 Å². The molecule has 2 amide bonds. The molecule has 2 aromatic rings. The van der Waals surface area contributed by atoms with Crippen molar-refractivity contribution in [3.05, 3.63) is 52.0 Å². The van der Waals surface area contributed by atoms with Gasteiger partial charge in [0, 0.05) is 41.9 Å². The first kappa shape index (κ1) is 24.9. The van der Waals surface area contributed by atoms with Crippen LogP contribution in [-0.2, 0) is 32.5 Å². The molecule has 2 aliphatic heterocycles. The number of nitrogens with zero attached hydrogens (tertiary/aromatic N) is 2. The number of piperidine rings is 1. The van der Waals surface area contributed by atoms with Gasteiger partial charge in [-0.2, -0.15) is 4.31 Å². The maximum atomic E-state index is 13.6. The average Bonchev–Trinajstić information content (AvgIpc) is 3.26. The minimum absolute atomic E-state index is 0.0218. The highest BCUT2D eigenvalue weighted by atomic mass is 79.9. The van der Waals surface area contributed by atoms with Crippen molar-refractivity contribution in [3.8, 4) is 0 Å². The third kappa shape index (κ3) is 4.78. The molecule has 1 saturated heterocycles. The molecule has 9 heteroatoms. The fraction of sp³-hybridized carbons (Fsp3) is 0.440. The number of anilines is 2. The molecule has 34 heavy (non-hydrogen) atoms. The van der Waals surface area contributed by atoms with Crippen molar-refractivity contribution >= 4 is 49.1 Å². The van der Waals surface area contributed by atoms with Crippen molar-refractivity contribution in [2.75, 3.05) is 29.9 Å². The van der Waals surface area contributed by atoms with Crippen molar-refractivity contribution in [2.45, 2.75) is 50.8 Å². The van der Waals surface area contributed by atoms with Gasteiger partial charge in [0.05, 0.1) is 10.8 Å². The highest BCUT2D eigenvalue weighted by molar-refractivity contribution is 9.10.